The first-order valence-corrected chi connectivity index (χ1v) is 9.76. The zero-order chi connectivity index (χ0) is 19.8. The number of carbonyl (C=O) groups excluding carboxylic acids is 3. The van der Waals surface area contributed by atoms with Gasteiger partial charge in [0, 0.05) is 18.2 Å². The molecule has 1 aliphatic heterocycles. The Hall–Kier alpha value is -2.77. The van der Waals surface area contributed by atoms with E-state index in [0.717, 1.165) is 19.3 Å². The normalized spacial score (nSPS) is 16.1. The van der Waals surface area contributed by atoms with Crippen molar-refractivity contribution in [2.45, 2.75) is 44.9 Å². The molecule has 1 aliphatic carbocycles. The van der Waals surface area contributed by atoms with Gasteiger partial charge >= 0.3 is 12.0 Å². The summed E-state index contributed by atoms with van der Waals surface area (Å²) in [7, 11) is 0. The van der Waals surface area contributed by atoms with Crippen molar-refractivity contribution in [3.63, 3.8) is 0 Å². The number of imide groups is 1. The number of esters is 1. The van der Waals surface area contributed by atoms with E-state index in [1.807, 2.05) is 0 Å². The van der Waals surface area contributed by atoms with Crippen molar-refractivity contribution in [2.75, 3.05) is 25.1 Å². The molecule has 3 rings (SSSR count). The minimum Gasteiger partial charge on any atom is -0.486 e. The van der Waals surface area contributed by atoms with Gasteiger partial charge in [-0.3, -0.25) is 14.9 Å². The van der Waals surface area contributed by atoms with Crippen LogP contribution in [0, 0.1) is 5.92 Å². The minimum absolute atomic E-state index is 0.307. The Morgan fingerprint density at radius 2 is 1.79 bits per heavy atom. The molecule has 1 heterocycles. The van der Waals surface area contributed by atoms with Crippen LogP contribution in [0.1, 0.15) is 44.9 Å². The zero-order valence-electron chi connectivity index (χ0n) is 15.8. The standard InChI is InChI=1S/C20H26N2O6/c23-18(13-28-19(24)9-6-14-4-2-1-3-5-14)22-20(25)21-15-7-8-16-17(12-15)27-11-10-26-16/h7-8,12,14H,1-6,9-11,13H2,(H2,21,22,23,25). The van der Waals surface area contributed by atoms with Gasteiger partial charge in [0.15, 0.2) is 18.1 Å². The lowest BCUT2D eigenvalue weighted by molar-refractivity contribution is -0.148. The van der Waals surface area contributed by atoms with Crippen LogP contribution in [0.15, 0.2) is 18.2 Å². The number of nitrogens with one attached hydrogen (secondary N) is 2. The summed E-state index contributed by atoms with van der Waals surface area (Å²) in [4.78, 5) is 35.5. The van der Waals surface area contributed by atoms with Crippen molar-refractivity contribution >= 4 is 23.6 Å². The van der Waals surface area contributed by atoms with E-state index >= 15 is 0 Å². The Morgan fingerprint density at radius 3 is 2.57 bits per heavy atom. The molecule has 28 heavy (non-hydrogen) atoms. The van der Waals surface area contributed by atoms with Gasteiger partial charge in [-0.2, -0.15) is 0 Å². The average Bonchev–Trinajstić information content (AvgIpc) is 2.71. The van der Waals surface area contributed by atoms with Crippen molar-refractivity contribution in [3.8, 4) is 11.5 Å². The van der Waals surface area contributed by atoms with Crippen molar-refractivity contribution in [1.29, 1.82) is 0 Å². The van der Waals surface area contributed by atoms with E-state index < -0.39 is 24.5 Å². The summed E-state index contributed by atoms with van der Waals surface area (Å²) in [5.74, 6) is 0.622. The van der Waals surface area contributed by atoms with Crippen molar-refractivity contribution in [3.05, 3.63) is 18.2 Å². The molecule has 0 spiro atoms. The molecular formula is C20H26N2O6. The van der Waals surface area contributed by atoms with Gasteiger partial charge < -0.3 is 19.5 Å². The van der Waals surface area contributed by atoms with E-state index in [2.05, 4.69) is 10.6 Å². The van der Waals surface area contributed by atoms with Crippen LogP contribution in [-0.4, -0.2) is 37.7 Å². The fraction of sp³-hybridized carbons (Fsp3) is 0.550. The van der Waals surface area contributed by atoms with Crippen LogP contribution in [-0.2, 0) is 14.3 Å². The number of rotatable bonds is 6. The maximum absolute atomic E-state index is 11.9. The predicted molar refractivity (Wildman–Crippen MR) is 101 cm³/mol. The summed E-state index contributed by atoms with van der Waals surface area (Å²) in [5, 5.41) is 4.66. The van der Waals surface area contributed by atoms with E-state index in [4.69, 9.17) is 14.2 Å². The smallest absolute Gasteiger partial charge is 0.325 e. The SMILES string of the molecule is O=C(COC(=O)CCC1CCCCC1)NC(=O)Nc1ccc2c(c1)OCCO2. The Balaban J connectivity index is 1.34. The highest BCUT2D eigenvalue weighted by Crippen LogP contribution is 2.32. The number of hydrogen-bond acceptors (Lipinski definition) is 6. The molecular weight excluding hydrogens is 364 g/mol. The Morgan fingerprint density at radius 1 is 1.04 bits per heavy atom. The summed E-state index contributed by atoms with van der Waals surface area (Å²) in [6, 6.07) is 4.23. The first kappa shape index (κ1) is 20.0. The summed E-state index contributed by atoms with van der Waals surface area (Å²) in [6.45, 7) is 0.444. The van der Waals surface area contributed by atoms with Crippen molar-refractivity contribution < 1.29 is 28.6 Å². The summed E-state index contributed by atoms with van der Waals surface area (Å²) >= 11 is 0. The van der Waals surface area contributed by atoms with E-state index in [-0.39, 0.29) is 0 Å². The maximum Gasteiger partial charge on any atom is 0.325 e. The van der Waals surface area contributed by atoms with Crippen LogP contribution < -0.4 is 20.1 Å². The molecule has 1 fully saturated rings. The molecule has 1 saturated carbocycles. The van der Waals surface area contributed by atoms with Crippen molar-refractivity contribution in [1.82, 2.24) is 5.32 Å². The van der Waals surface area contributed by atoms with Crippen LogP contribution in [0.3, 0.4) is 0 Å². The number of anilines is 1. The first-order valence-electron chi connectivity index (χ1n) is 9.76. The van der Waals surface area contributed by atoms with Crippen LogP contribution >= 0.6 is 0 Å². The highest BCUT2D eigenvalue weighted by atomic mass is 16.6. The monoisotopic (exact) mass is 390 g/mol. The summed E-state index contributed by atoms with van der Waals surface area (Å²) in [5.41, 5.74) is 0.457. The highest BCUT2D eigenvalue weighted by Gasteiger charge is 2.17. The number of amides is 3. The van der Waals surface area contributed by atoms with E-state index in [9.17, 15) is 14.4 Å². The fourth-order valence-corrected chi connectivity index (χ4v) is 3.46. The van der Waals surface area contributed by atoms with Gasteiger partial charge in [-0.1, -0.05) is 32.1 Å². The predicted octanol–water partition coefficient (Wildman–Crippen LogP) is 3.01. The molecule has 0 unspecified atom stereocenters. The van der Waals surface area contributed by atoms with Crippen LogP contribution in [0.25, 0.3) is 0 Å². The second-order valence-electron chi connectivity index (χ2n) is 7.06. The van der Waals surface area contributed by atoms with Gasteiger partial charge in [-0.25, -0.2) is 4.79 Å². The molecule has 0 aromatic heterocycles. The molecule has 0 atom stereocenters. The van der Waals surface area contributed by atoms with Crippen LogP contribution in [0.5, 0.6) is 11.5 Å². The molecule has 0 bridgehead atoms. The molecule has 1 aromatic carbocycles. The third-order valence-electron chi connectivity index (χ3n) is 4.90. The lowest BCUT2D eigenvalue weighted by atomic mass is 9.86. The molecule has 0 saturated heterocycles. The zero-order valence-corrected chi connectivity index (χ0v) is 15.8. The second-order valence-corrected chi connectivity index (χ2v) is 7.06. The lowest BCUT2D eigenvalue weighted by Gasteiger charge is -2.20. The number of benzene rings is 1. The first-order chi connectivity index (χ1) is 13.6. The number of urea groups is 1. The topological polar surface area (TPSA) is 103 Å². The number of carbonyl (C=O) groups is 3. The molecule has 1 aromatic rings. The largest absolute Gasteiger partial charge is 0.486 e. The number of ether oxygens (including phenoxy) is 3. The van der Waals surface area contributed by atoms with Gasteiger partial charge in [-0.05, 0) is 24.5 Å². The average molecular weight is 390 g/mol. The Bertz CT molecular complexity index is 715. The fourth-order valence-electron chi connectivity index (χ4n) is 3.46. The van der Waals surface area contributed by atoms with Crippen LogP contribution in [0.2, 0.25) is 0 Å². The van der Waals surface area contributed by atoms with Crippen LogP contribution in [0.4, 0.5) is 10.5 Å². The van der Waals surface area contributed by atoms with Crippen molar-refractivity contribution in [2.24, 2.45) is 5.92 Å². The number of hydrogen-bond donors (Lipinski definition) is 2. The second kappa shape index (κ2) is 9.96. The molecule has 152 valence electrons. The van der Waals surface area contributed by atoms with E-state index in [1.165, 1.54) is 19.3 Å². The van der Waals surface area contributed by atoms with Gasteiger partial charge in [-0.15, -0.1) is 0 Å². The molecule has 2 N–H and O–H groups in total. The quantitative estimate of drug-likeness (QED) is 0.724. The lowest BCUT2D eigenvalue weighted by Crippen LogP contribution is -2.37. The molecule has 8 heteroatoms. The van der Waals surface area contributed by atoms with Gasteiger partial charge in [0.1, 0.15) is 13.2 Å². The minimum atomic E-state index is -0.708. The van der Waals surface area contributed by atoms with Gasteiger partial charge in [0.25, 0.3) is 5.91 Å². The third kappa shape index (κ3) is 6.14. The van der Waals surface area contributed by atoms with Gasteiger partial charge in [0.05, 0.1) is 0 Å². The Kier molecular flexibility index (Phi) is 7.11. The van der Waals surface area contributed by atoms with E-state index in [1.54, 1.807) is 18.2 Å². The molecule has 0 radical (unpaired) electrons. The number of fused-ring (bicyclic) bond motifs is 1. The molecule has 2 aliphatic rings. The molecule has 3 amide bonds. The summed E-state index contributed by atoms with van der Waals surface area (Å²) in [6.07, 6.45) is 7.14. The molecule has 8 nitrogen and oxygen atoms in total. The Labute approximate surface area is 163 Å². The maximum atomic E-state index is 11.9. The van der Waals surface area contributed by atoms with Gasteiger partial charge in [0.2, 0.25) is 0 Å². The summed E-state index contributed by atoms with van der Waals surface area (Å²) < 4.78 is 15.8. The third-order valence-corrected chi connectivity index (χ3v) is 4.90. The highest BCUT2D eigenvalue weighted by molar-refractivity contribution is 6.02. The van der Waals surface area contributed by atoms with E-state index in [0.29, 0.717) is 42.7 Å².